The molecule has 0 fully saturated rings. The van der Waals surface area contributed by atoms with Gasteiger partial charge in [-0.1, -0.05) is 54.4 Å². The van der Waals surface area contributed by atoms with Gasteiger partial charge < -0.3 is 5.73 Å². The largest absolute Gasteiger partial charge is 0.398 e. The third-order valence-electron chi connectivity index (χ3n) is 3.25. The molecule has 2 rings (SSSR count). The van der Waals surface area contributed by atoms with E-state index < -0.39 is 0 Å². The molecular formula is C15H15Cl2N. The normalized spacial score (nSPS) is 12.4. The molecule has 0 aliphatic heterocycles. The lowest BCUT2D eigenvalue weighted by Gasteiger charge is -2.17. The Labute approximate surface area is 118 Å². The van der Waals surface area contributed by atoms with E-state index in [1.54, 1.807) is 6.07 Å². The van der Waals surface area contributed by atoms with E-state index in [9.17, 15) is 0 Å². The summed E-state index contributed by atoms with van der Waals surface area (Å²) in [5.74, 6) is 0.148. The van der Waals surface area contributed by atoms with Gasteiger partial charge in [-0.15, -0.1) is 0 Å². The van der Waals surface area contributed by atoms with Crippen molar-refractivity contribution in [3.05, 3.63) is 63.1 Å². The lowest BCUT2D eigenvalue weighted by Crippen LogP contribution is -2.03. The monoisotopic (exact) mass is 279 g/mol. The molecule has 18 heavy (non-hydrogen) atoms. The Bertz CT molecular complexity index is 579. The number of rotatable bonds is 2. The number of anilines is 1. The van der Waals surface area contributed by atoms with Crippen LogP contribution in [0.15, 0.2) is 36.4 Å². The predicted molar refractivity (Wildman–Crippen MR) is 79.6 cm³/mol. The average molecular weight is 280 g/mol. The van der Waals surface area contributed by atoms with Crippen molar-refractivity contribution in [3.63, 3.8) is 0 Å². The van der Waals surface area contributed by atoms with Crippen LogP contribution >= 0.6 is 23.2 Å². The molecule has 0 amide bonds. The minimum atomic E-state index is 0.148. The fourth-order valence-corrected chi connectivity index (χ4v) is 2.67. The van der Waals surface area contributed by atoms with Crippen molar-refractivity contribution in [3.8, 4) is 0 Å². The molecule has 3 heteroatoms. The van der Waals surface area contributed by atoms with Gasteiger partial charge in [0, 0.05) is 21.7 Å². The zero-order valence-electron chi connectivity index (χ0n) is 10.4. The van der Waals surface area contributed by atoms with Gasteiger partial charge in [-0.3, -0.25) is 0 Å². The summed E-state index contributed by atoms with van der Waals surface area (Å²) in [5.41, 5.74) is 10.2. The first-order valence-electron chi connectivity index (χ1n) is 5.80. The van der Waals surface area contributed by atoms with E-state index in [1.807, 2.05) is 37.3 Å². The van der Waals surface area contributed by atoms with Crippen LogP contribution in [0.4, 0.5) is 5.69 Å². The van der Waals surface area contributed by atoms with Crippen molar-refractivity contribution in [1.29, 1.82) is 0 Å². The van der Waals surface area contributed by atoms with E-state index in [1.165, 1.54) is 0 Å². The van der Waals surface area contributed by atoms with Crippen molar-refractivity contribution in [2.24, 2.45) is 0 Å². The highest BCUT2D eigenvalue weighted by Gasteiger charge is 2.15. The van der Waals surface area contributed by atoms with E-state index in [4.69, 9.17) is 28.9 Å². The molecule has 2 N–H and O–H groups in total. The zero-order chi connectivity index (χ0) is 13.3. The molecule has 0 aromatic heterocycles. The summed E-state index contributed by atoms with van der Waals surface area (Å²) < 4.78 is 0. The van der Waals surface area contributed by atoms with Gasteiger partial charge in [0.05, 0.1) is 0 Å². The molecule has 1 unspecified atom stereocenters. The number of hydrogen-bond donors (Lipinski definition) is 1. The molecule has 2 aromatic rings. The molecule has 0 heterocycles. The number of aryl methyl sites for hydroxylation is 1. The van der Waals surface area contributed by atoms with Gasteiger partial charge in [0.1, 0.15) is 0 Å². The Balaban J connectivity index is 2.48. The first-order valence-corrected chi connectivity index (χ1v) is 6.56. The smallest absolute Gasteiger partial charge is 0.0458 e. The van der Waals surface area contributed by atoms with Gasteiger partial charge in [-0.05, 0) is 35.7 Å². The van der Waals surface area contributed by atoms with E-state index in [2.05, 4.69) is 6.92 Å². The van der Waals surface area contributed by atoms with Crippen LogP contribution in [0.5, 0.6) is 0 Å². The summed E-state index contributed by atoms with van der Waals surface area (Å²) in [5, 5.41) is 1.32. The van der Waals surface area contributed by atoms with Gasteiger partial charge in [-0.2, -0.15) is 0 Å². The van der Waals surface area contributed by atoms with E-state index in [0.29, 0.717) is 10.0 Å². The van der Waals surface area contributed by atoms with Crippen LogP contribution in [0.25, 0.3) is 0 Å². The van der Waals surface area contributed by atoms with Crippen LogP contribution in [0.3, 0.4) is 0 Å². The maximum atomic E-state index is 6.24. The molecule has 0 radical (unpaired) electrons. The summed E-state index contributed by atoms with van der Waals surface area (Å²) in [6.45, 7) is 4.11. The standard InChI is InChI=1S/C15H15Cl2N/c1-9-4-3-5-13(15(9)18)10(2)12-7-6-11(16)8-14(12)17/h3-8,10H,18H2,1-2H3. The summed E-state index contributed by atoms with van der Waals surface area (Å²) in [7, 11) is 0. The molecule has 0 saturated carbocycles. The van der Waals surface area contributed by atoms with E-state index >= 15 is 0 Å². The highest BCUT2D eigenvalue weighted by atomic mass is 35.5. The molecular weight excluding hydrogens is 265 g/mol. The number of para-hydroxylation sites is 1. The van der Waals surface area contributed by atoms with Crippen molar-refractivity contribution in [2.45, 2.75) is 19.8 Å². The third-order valence-corrected chi connectivity index (χ3v) is 3.82. The van der Waals surface area contributed by atoms with Gasteiger partial charge in [-0.25, -0.2) is 0 Å². The van der Waals surface area contributed by atoms with Gasteiger partial charge >= 0.3 is 0 Å². The fourth-order valence-electron chi connectivity index (χ4n) is 2.10. The topological polar surface area (TPSA) is 26.0 Å². The van der Waals surface area contributed by atoms with Crippen molar-refractivity contribution < 1.29 is 0 Å². The molecule has 0 spiro atoms. The van der Waals surface area contributed by atoms with Crippen LogP contribution in [0.2, 0.25) is 10.0 Å². The maximum Gasteiger partial charge on any atom is 0.0458 e. The molecule has 1 atom stereocenters. The minimum Gasteiger partial charge on any atom is -0.398 e. The molecule has 0 bridgehead atoms. The predicted octanol–water partition coefficient (Wildman–Crippen LogP) is 5.04. The Morgan fingerprint density at radius 3 is 2.44 bits per heavy atom. The maximum absolute atomic E-state index is 6.24. The van der Waals surface area contributed by atoms with E-state index in [0.717, 1.165) is 22.4 Å². The lowest BCUT2D eigenvalue weighted by atomic mass is 9.90. The second kappa shape index (κ2) is 5.21. The SMILES string of the molecule is Cc1cccc(C(C)c2ccc(Cl)cc2Cl)c1N. The summed E-state index contributed by atoms with van der Waals surface area (Å²) in [4.78, 5) is 0. The first kappa shape index (κ1) is 13.3. The number of nitrogen functional groups attached to an aromatic ring is 1. The zero-order valence-corrected chi connectivity index (χ0v) is 11.9. The van der Waals surface area contributed by atoms with Crippen LogP contribution < -0.4 is 5.73 Å². The lowest BCUT2D eigenvalue weighted by molar-refractivity contribution is 0.924. The second-order valence-electron chi connectivity index (χ2n) is 4.47. The van der Waals surface area contributed by atoms with Gasteiger partial charge in [0.2, 0.25) is 0 Å². The minimum absolute atomic E-state index is 0.148. The first-order chi connectivity index (χ1) is 8.50. The van der Waals surface area contributed by atoms with Crippen molar-refractivity contribution >= 4 is 28.9 Å². The van der Waals surface area contributed by atoms with Crippen LogP contribution in [0, 0.1) is 6.92 Å². The van der Waals surface area contributed by atoms with Crippen molar-refractivity contribution in [1.82, 2.24) is 0 Å². The Morgan fingerprint density at radius 1 is 1.06 bits per heavy atom. The molecule has 0 aliphatic rings. The molecule has 0 aliphatic carbocycles. The number of nitrogens with two attached hydrogens (primary N) is 1. The Kier molecular flexibility index (Phi) is 3.84. The summed E-state index contributed by atoms with van der Waals surface area (Å²) >= 11 is 12.2. The average Bonchev–Trinajstić information content (AvgIpc) is 2.32. The Morgan fingerprint density at radius 2 is 1.78 bits per heavy atom. The number of hydrogen-bond acceptors (Lipinski definition) is 1. The summed E-state index contributed by atoms with van der Waals surface area (Å²) in [6, 6.07) is 11.6. The van der Waals surface area contributed by atoms with Crippen LogP contribution in [-0.4, -0.2) is 0 Å². The molecule has 0 saturated heterocycles. The molecule has 2 aromatic carbocycles. The summed E-state index contributed by atoms with van der Waals surface area (Å²) in [6.07, 6.45) is 0. The quantitative estimate of drug-likeness (QED) is 0.766. The van der Waals surface area contributed by atoms with Gasteiger partial charge in [0.25, 0.3) is 0 Å². The number of benzene rings is 2. The Hall–Kier alpha value is -1.18. The van der Waals surface area contributed by atoms with Crippen LogP contribution in [-0.2, 0) is 0 Å². The fraction of sp³-hybridized carbons (Fsp3) is 0.200. The molecule has 94 valence electrons. The second-order valence-corrected chi connectivity index (χ2v) is 5.31. The molecule has 1 nitrogen and oxygen atoms in total. The van der Waals surface area contributed by atoms with Crippen LogP contribution in [0.1, 0.15) is 29.5 Å². The highest BCUT2D eigenvalue weighted by molar-refractivity contribution is 6.35. The van der Waals surface area contributed by atoms with Gasteiger partial charge in [0.15, 0.2) is 0 Å². The highest BCUT2D eigenvalue weighted by Crippen LogP contribution is 2.35. The van der Waals surface area contributed by atoms with E-state index in [-0.39, 0.29) is 5.92 Å². The third kappa shape index (κ3) is 2.47. The number of halogens is 2. The van der Waals surface area contributed by atoms with Crippen molar-refractivity contribution in [2.75, 3.05) is 5.73 Å².